The molecule has 2 aromatic heterocycles. The predicted octanol–water partition coefficient (Wildman–Crippen LogP) is 1.95. The summed E-state index contributed by atoms with van der Waals surface area (Å²) < 4.78 is 2.02. The second kappa shape index (κ2) is 3.70. The Bertz CT molecular complexity index is 364. The second-order valence-electron chi connectivity index (χ2n) is 2.82. The first-order valence-electron chi connectivity index (χ1n) is 4.27. The molecule has 0 unspecified atom stereocenters. The Morgan fingerprint density at radius 1 is 1.54 bits per heavy atom. The highest BCUT2D eigenvalue weighted by Gasteiger charge is 1.99. The van der Waals surface area contributed by atoms with Crippen molar-refractivity contribution < 1.29 is 0 Å². The standard InChI is InChI=1S/C9H11N3S/c1-2-9-11-8(6-13-9)5-12-4-3-10-7-12/h3-4,6-7H,2,5H2,1H3. The van der Waals surface area contributed by atoms with Crippen LogP contribution in [-0.2, 0) is 13.0 Å². The Balaban J connectivity index is 2.10. The molecule has 3 nitrogen and oxygen atoms in total. The molecule has 2 aromatic rings. The fourth-order valence-electron chi connectivity index (χ4n) is 1.15. The molecule has 0 N–H and O–H groups in total. The van der Waals surface area contributed by atoms with Crippen LogP contribution < -0.4 is 0 Å². The molecular weight excluding hydrogens is 182 g/mol. The molecule has 13 heavy (non-hydrogen) atoms. The summed E-state index contributed by atoms with van der Waals surface area (Å²) in [6.07, 6.45) is 6.57. The number of hydrogen-bond acceptors (Lipinski definition) is 3. The van der Waals surface area contributed by atoms with Crippen LogP contribution in [0.15, 0.2) is 24.1 Å². The Kier molecular flexibility index (Phi) is 2.40. The lowest BCUT2D eigenvalue weighted by atomic mass is 10.4. The molecule has 0 aliphatic rings. The number of hydrogen-bond donors (Lipinski definition) is 0. The molecule has 0 radical (unpaired) electrons. The number of imidazole rings is 1. The Hall–Kier alpha value is -1.16. The summed E-state index contributed by atoms with van der Waals surface area (Å²) in [6, 6.07) is 0. The molecule has 4 heteroatoms. The zero-order valence-electron chi connectivity index (χ0n) is 7.47. The minimum absolute atomic E-state index is 0.830. The minimum atomic E-state index is 0.830. The van der Waals surface area contributed by atoms with E-state index in [1.54, 1.807) is 17.5 Å². The first-order chi connectivity index (χ1) is 6.38. The van der Waals surface area contributed by atoms with Gasteiger partial charge >= 0.3 is 0 Å². The maximum Gasteiger partial charge on any atom is 0.0949 e. The molecule has 0 bridgehead atoms. The molecule has 2 rings (SSSR count). The van der Waals surface area contributed by atoms with Gasteiger partial charge in [-0.05, 0) is 6.42 Å². The van der Waals surface area contributed by atoms with Crippen molar-refractivity contribution in [2.45, 2.75) is 19.9 Å². The Labute approximate surface area is 81.1 Å². The van der Waals surface area contributed by atoms with E-state index in [9.17, 15) is 0 Å². The van der Waals surface area contributed by atoms with Crippen LogP contribution in [0.5, 0.6) is 0 Å². The Morgan fingerprint density at radius 2 is 2.46 bits per heavy atom. The quantitative estimate of drug-likeness (QED) is 0.746. The highest BCUT2D eigenvalue weighted by atomic mass is 32.1. The van der Waals surface area contributed by atoms with E-state index < -0.39 is 0 Å². The lowest BCUT2D eigenvalue weighted by Crippen LogP contribution is -1.96. The minimum Gasteiger partial charge on any atom is -0.331 e. The molecule has 0 amide bonds. The van der Waals surface area contributed by atoms with E-state index in [1.165, 1.54) is 5.01 Å². The van der Waals surface area contributed by atoms with Crippen LogP contribution in [0, 0.1) is 0 Å². The summed E-state index contributed by atoms with van der Waals surface area (Å²) >= 11 is 1.73. The van der Waals surface area contributed by atoms with Crippen LogP contribution in [0.25, 0.3) is 0 Å². The van der Waals surface area contributed by atoms with E-state index in [1.807, 2.05) is 17.1 Å². The normalized spacial score (nSPS) is 10.5. The molecule has 0 aliphatic carbocycles. The van der Waals surface area contributed by atoms with Crippen molar-refractivity contribution in [3.8, 4) is 0 Å². The van der Waals surface area contributed by atoms with Gasteiger partial charge in [-0.3, -0.25) is 0 Å². The van der Waals surface area contributed by atoms with Gasteiger partial charge in [0.25, 0.3) is 0 Å². The second-order valence-corrected chi connectivity index (χ2v) is 3.76. The monoisotopic (exact) mass is 193 g/mol. The number of aromatic nitrogens is 3. The summed E-state index contributed by atoms with van der Waals surface area (Å²) in [5.74, 6) is 0. The van der Waals surface area contributed by atoms with Crippen molar-refractivity contribution >= 4 is 11.3 Å². The van der Waals surface area contributed by atoms with Gasteiger partial charge in [0.2, 0.25) is 0 Å². The zero-order chi connectivity index (χ0) is 9.10. The van der Waals surface area contributed by atoms with Crippen molar-refractivity contribution in [1.82, 2.24) is 14.5 Å². The van der Waals surface area contributed by atoms with Crippen molar-refractivity contribution in [1.29, 1.82) is 0 Å². The Morgan fingerprint density at radius 3 is 3.08 bits per heavy atom. The number of aryl methyl sites for hydroxylation is 1. The molecular formula is C9H11N3S. The van der Waals surface area contributed by atoms with Crippen LogP contribution in [0.3, 0.4) is 0 Å². The molecule has 0 spiro atoms. The van der Waals surface area contributed by atoms with Crippen molar-refractivity contribution in [2.24, 2.45) is 0 Å². The van der Waals surface area contributed by atoms with Gasteiger partial charge in [0.1, 0.15) is 0 Å². The average molecular weight is 193 g/mol. The highest BCUT2D eigenvalue weighted by Crippen LogP contribution is 2.10. The van der Waals surface area contributed by atoms with E-state index in [4.69, 9.17) is 0 Å². The summed E-state index contributed by atoms with van der Waals surface area (Å²) in [6.45, 7) is 2.95. The summed E-state index contributed by atoms with van der Waals surface area (Å²) in [4.78, 5) is 8.46. The van der Waals surface area contributed by atoms with Crippen molar-refractivity contribution in [2.75, 3.05) is 0 Å². The van der Waals surface area contributed by atoms with E-state index in [0.717, 1.165) is 18.7 Å². The van der Waals surface area contributed by atoms with Gasteiger partial charge in [0.05, 0.1) is 23.6 Å². The van der Waals surface area contributed by atoms with E-state index in [0.29, 0.717) is 0 Å². The third kappa shape index (κ3) is 1.95. The fourth-order valence-corrected chi connectivity index (χ4v) is 1.89. The summed E-state index contributed by atoms with van der Waals surface area (Å²) in [5.41, 5.74) is 1.12. The molecule has 0 saturated heterocycles. The first kappa shape index (κ1) is 8.44. The van der Waals surface area contributed by atoms with Gasteiger partial charge in [-0.25, -0.2) is 9.97 Å². The zero-order valence-corrected chi connectivity index (χ0v) is 8.29. The van der Waals surface area contributed by atoms with E-state index in [2.05, 4.69) is 22.3 Å². The lowest BCUT2D eigenvalue weighted by molar-refractivity contribution is 0.774. The van der Waals surface area contributed by atoms with Crippen LogP contribution >= 0.6 is 11.3 Å². The summed E-state index contributed by atoms with van der Waals surface area (Å²) in [7, 11) is 0. The maximum atomic E-state index is 4.47. The van der Waals surface area contributed by atoms with Gasteiger partial charge < -0.3 is 4.57 Å². The third-order valence-electron chi connectivity index (χ3n) is 1.81. The summed E-state index contributed by atoms with van der Waals surface area (Å²) in [5, 5.41) is 3.31. The van der Waals surface area contributed by atoms with Crippen molar-refractivity contribution in [3.05, 3.63) is 34.8 Å². The SMILES string of the molecule is CCc1nc(Cn2ccnc2)cs1. The molecule has 0 aliphatic heterocycles. The molecule has 0 aromatic carbocycles. The number of rotatable bonds is 3. The van der Waals surface area contributed by atoms with Crippen LogP contribution in [0.2, 0.25) is 0 Å². The number of thiazole rings is 1. The average Bonchev–Trinajstić information content (AvgIpc) is 2.76. The molecule has 0 atom stereocenters. The number of nitrogens with zero attached hydrogens (tertiary/aromatic N) is 3. The predicted molar refractivity (Wildman–Crippen MR) is 52.8 cm³/mol. The van der Waals surface area contributed by atoms with Crippen LogP contribution in [0.1, 0.15) is 17.6 Å². The first-order valence-corrected chi connectivity index (χ1v) is 5.15. The van der Waals surface area contributed by atoms with Gasteiger partial charge in [-0.2, -0.15) is 0 Å². The smallest absolute Gasteiger partial charge is 0.0949 e. The molecule has 0 saturated carbocycles. The lowest BCUT2D eigenvalue weighted by Gasteiger charge is -1.96. The van der Waals surface area contributed by atoms with Gasteiger partial charge in [0, 0.05) is 17.8 Å². The molecule has 68 valence electrons. The van der Waals surface area contributed by atoms with Gasteiger partial charge in [0.15, 0.2) is 0 Å². The van der Waals surface area contributed by atoms with E-state index >= 15 is 0 Å². The van der Waals surface area contributed by atoms with Crippen LogP contribution in [0.4, 0.5) is 0 Å². The fraction of sp³-hybridized carbons (Fsp3) is 0.333. The molecule has 0 fully saturated rings. The van der Waals surface area contributed by atoms with Gasteiger partial charge in [-0.1, -0.05) is 6.92 Å². The third-order valence-corrected chi connectivity index (χ3v) is 2.85. The highest BCUT2D eigenvalue weighted by molar-refractivity contribution is 7.09. The van der Waals surface area contributed by atoms with E-state index in [-0.39, 0.29) is 0 Å². The maximum absolute atomic E-state index is 4.47. The largest absolute Gasteiger partial charge is 0.331 e. The molecule has 2 heterocycles. The topological polar surface area (TPSA) is 30.7 Å². The van der Waals surface area contributed by atoms with Gasteiger partial charge in [-0.15, -0.1) is 11.3 Å². The van der Waals surface area contributed by atoms with Crippen molar-refractivity contribution in [3.63, 3.8) is 0 Å². The van der Waals surface area contributed by atoms with Crippen LogP contribution in [-0.4, -0.2) is 14.5 Å².